The van der Waals surface area contributed by atoms with Gasteiger partial charge in [-0.25, -0.2) is 9.59 Å². The highest BCUT2D eigenvalue weighted by Gasteiger charge is 2.73. The Hall–Kier alpha value is -3.63. The van der Waals surface area contributed by atoms with E-state index < -0.39 is 29.1 Å². The van der Waals surface area contributed by atoms with Crippen LogP contribution >= 0.6 is 0 Å². The Kier molecular flexibility index (Phi) is 6.30. The molecule has 3 aliphatic carbocycles. The van der Waals surface area contributed by atoms with Gasteiger partial charge in [0.2, 0.25) is 0 Å². The van der Waals surface area contributed by atoms with Gasteiger partial charge in [-0.2, -0.15) is 0 Å². The third-order valence-corrected chi connectivity index (χ3v) is 9.58. The van der Waals surface area contributed by atoms with E-state index in [-0.39, 0.29) is 23.7 Å². The van der Waals surface area contributed by atoms with Crippen LogP contribution in [0.3, 0.4) is 0 Å². The number of nitrogens with one attached hydrogen (secondary N) is 1. The van der Waals surface area contributed by atoms with Gasteiger partial charge in [0.05, 0.1) is 17.1 Å². The van der Waals surface area contributed by atoms with Crippen molar-refractivity contribution in [3.63, 3.8) is 0 Å². The summed E-state index contributed by atoms with van der Waals surface area (Å²) in [5.74, 6) is -2.35. The number of carboxylic acids is 2. The Morgan fingerprint density at radius 2 is 1.73 bits per heavy atom. The number of aryl methyl sites for hydroxylation is 1. The summed E-state index contributed by atoms with van der Waals surface area (Å²) in [7, 11) is 0. The van der Waals surface area contributed by atoms with Crippen LogP contribution in [0.15, 0.2) is 36.4 Å². The smallest absolute Gasteiger partial charge is 0.414 e. The number of carbonyl (C=O) groups is 3. The quantitative estimate of drug-likeness (QED) is 0.360. The van der Waals surface area contributed by atoms with Crippen molar-refractivity contribution >= 4 is 17.8 Å². The Morgan fingerprint density at radius 1 is 1.02 bits per heavy atom. The Balaban J connectivity index is 0.000000438. The number of piperidine rings is 1. The van der Waals surface area contributed by atoms with Crippen molar-refractivity contribution in [3.05, 3.63) is 58.7 Å². The first-order chi connectivity index (χ1) is 19.0. The van der Waals surface area contributed by atoms with E-state index in [4.69, 9.17) is 24.5 Å². The van der Waals surface area contributed by atoms with Crippen LogP contribution in [-0.2, 0) is 21.4 Å². The molecule has 1 amide bonds. The van der Waals surface area contributed by atoms with Crippen molar-refractivity contribution in [2.45, 2.75) is 74.7 Å². The van der Waals surface area contributed by atoms with Gasteiger partial charge in [-0.1, -0.05) is 23.8 Å². The molecule has 3 fully saturated rings. The first kappa shape index (κ1) is 26.6. The SMILES string of the molecule is Cc1ccc(C(=O)N[C@@H]2CC[C@@]3(O)[C@H]4Cc5ccc(O)c6c5[C@@]3(CCN4CC3CC3)[C@H]2O6)cc1.O=C(O)C(=O)O. The molecule has 10 nitrogen and oxygen atoms in total. The molecule has 2 bridgehead atoms. The number of amides is 1. The van der Waals surface area contributed by atoms with Gasteiger partial charge in [-0.3, -0.25) is 9.69 Å². The highest BCUT2D eigenvalue weighted by atomic mass is 16.5. The molecule has 2 aromatic carbocycles. The van der Waals surface area contributed by atoms with Crippen molar-refractivity contribution in [2.75, 3.05) is 13.1 Å². The molecule has 1 spiro atoms. The lowest BCUT2D eigenvalue weighted by atomic mass is 9.48. The minimum atomic E-state index is -1.82. The van der Waals surface area contributed by atoms with Crippen molar-refractivity contribution < 1.29 is 39.5 Å². The van der Waals surface area contributed by atoms with E-state index in [1.54, 1.807) is 6.07 Å². The summed E-state index contributed by atoms with van der Waals surface area (Å²) in [6.45, 7) is 3.98. The number of rotatable bonds is 4. The van der Waals surface area contributed by atoms with E-state index in [1.807, 2.05) is 37.3 Å². The molecule has 5 aliphatic rings. The van der Waals surface area contributed by atoms with Crippen molar-refractivity contribution in [2.24, 2.45) is 5.92 Å². The lowest BCUT2D eigenvalue weighted by Crippen LogP contribution is -2.78. The van der Waals surface area contributed by atoms with Gasteiger partial charge in [-0.05, 0) is 81.7 Å². The van der Waals surface area contributed by atoms with Crippen molar-refractivity contribution in [1.29, 1.82) is 0 Å². The first-order valence-electron chi connectivity index (χ1n) is 13.9. The number of carbonyl (C=O) groups excluding carboxylic acids is 1. The third kappa shape index (κ3) is 4.04. The fourth-order valence-electron chi connectivity index (χ4n) is 7.59. The fourth-order valence-corrected chi connectivity index (χ4v) is 7.59. The second-order valence-electron chi connectivity index (χ2n) is 11.9. The first-order valence-corrected chi connectivity index (χ1v) is 13.9. The fraction of sp³-hybridized carbons (Fsp3) is 0.500. The number of ether oxygens (including phenoxy) is 1. The van der Waals surface area contributed by atoms with Crippen LogP contribution in [0.5, 0.6) is 11.5 Å². The number of hydrogen-bond acceptors (Lipinski definition) is 7. The van der Waals surface area contributed by atoms with Crippen LogP contribution in [0.1, 0.15) is 59.2 Å². The molecule has 5 atom stereocenters. The Morgan fingerprint density at radius 3 is 2.38 bits per heavy atom. The van der Waals surface area contributed by atoms with Crippen LogP contribution < -0.4 is 10.1 Å². The largest absolute Gasteiger partial charge is 0.504 e. The molecule has 0 radical (unpaired) electrons. The maximum absolute atomic E-state index is 13.2. The average Bonchev–Trinajstić information content (AvgIpc) is 3.66. The number of hydrogen-bond donors (Lipinski definition) is 5. The van der Waals surface area contributed by atoms with Crippen molar-refractivity contribution in [3.8, 4) is 11.5 Å². The molecular formula is C30H34N2O8. The van der Waals surface area contributed by atoms with Gasteiger partial charge in [-0.15, -0.1) is 0 Å². The number of aliphatic hydroxyl groups is 1. The number of benzene rings is 2. The molecule has 2 aliphatic heterocycles. The second kappa shape index (κ2) is 9.49. The summed E-state index contributed by atoms with van der Waals surface area (Å²) in [6, 6.07) is 11.2. The normalized spacial score (nSPS) is 31.2. The van der Waals surface area contributed by atoms with E-state index in [9.17, 15) is 15.0 Å². The third-order valence-electron chi connectivity index (χ3n) is 9.58. The Bertz CT molecular complexity index is 1360. The molecular weight excluding hydrogens is 516 g/mol. The summed E-state index contributed by atoms with van der Waals surface area (Å²) >= 11 is 0. The zero-order chi connectivity index (χ0) is 28.4. The van der Waals surface area contributed by atoms with E-state index in [2.05, 4.69) is 10.2 Å². The molecule has 0 unspecified atom stereocenters. The highest BCUT2D eigenvalue weighted by molar-refractivity contribution is 6.27. The molecule has 10 heteroatoms. The standard InChI is InChI=1S/C28H32N2O4.C2H2O4/c1-16-2-6-18(7-3-16)26(32)29-20-10-11-28(33)22-14-19-8-9-21(31)24-23(19)27(28,25(20)34-24)12-13-30(22)15-17-4-5-17;3-1(4)2(5)6/h2-3,6-9,17,20,22,25,31,33H,4-5,10-15H2,1H3,(H,29,32);(H,3,4)(H,5,6)/t20-,22-,25+,27+,28-;/m1./s1. The second-order valence-corrected chi connectivity index (χ2v) is 11.9. The Labute approximate surface area is 231 Å². The van der Waals surface area contributed by atoms with Gasteiger partial charge in [0, 0.05) is 23.7 Å². The molecule has 7 rings (SSSR count). The number of aromatic hydroxyl groups is 1. The zero-order valence-electron chi connectivity index (χ0n) is 22.3. The summed E-state index contributed by atoms with van der Waals surface area (Å²) in [5.41, 5.74) is 2.38. The predicted octanol–water partition coefficient (Wildman–Crippen LogP) is 2.22. The monoisotopic (exact) mass is 550 g/mol. The minimum absolute atomic E-state index is 0.0460. The van der Waals surface area contributed by atoms with E-state index >= 15 is 0 Å². The zero-order valence-corrected chi connectivity index (χ0v) is 22.3. The van der Waals surface area contributed by atoms with Crippen LogP contribution in [-0.4, -0.2) is 80.1 Å². The average molecular weight is 551 g/mol. The predicted molar refractivity (Wildman–Crippen MR) is 142 cm³/mol. The maximum Gasteiger partial charge on any atom is 0.414 e. The topological polar surface area (TPSA) is 157 Å². The summed E-state index contributed by atoms with van der Waals surface area (Å²) < 4.78 is 6.53. The number of nitrogens with zero attached hydrogens (tertiary/aromatic N) is 1. The summed E-state index contributed by atoms with van der Waals surface area (Å²) in [4.78, 5) is 33.9. The molecule has 2 aromatic rings. The van der Waals surface area contributed by atoms with Crippen LogP contribution in [0, 0.1) is 12.8 Å². The summed E-state index contributed by atoms with van der Waals surface area (Å²) in [5, 5.41) is 41.3. The highest BCUT2D eigenvalue weighted by Crippen LogP contribution is 2.65. The summed E-state index contributed by atoms with van der Waals surface area (Å²) in [6.07, 6.45) is 5.01. The van der Waals surface area contributed by atoms with Crippen LogP contribution in [0.25, 0.3) is 0 Å². The minimum Gasteiger partial charge on any atom is -0.504 e. The van der Waals surface area contributed by atoms with Gasteiger partial charge in [0.1, 0.15) is 6.10 Å². The van der Waals surface area contributed by atoms with Crippen molar-refractivity contribution in [1.82, 2.24) is 10.2 Å². The molecule has 0 aromatic heterocycles. The number of likely N-dealkylation sites (tertiary alicyclic amines) is 1. The lowest BCUT2D eigenvalue weighted by molar-refractivity contribution is -0.191. The lowest BCUT2D eigenvalue weighted by Gasteiger charge is -2.64. The number of aliphatic carboxylic acids is 2. The maximum atomic E-state index is 13.2. The number of phenols is 1. The van der Waals surface area contributed by atoms with E-state index in [1.165, 1.54) is 18.4 Å². The van der Waals surface area contributed by atoms with Gasteiger partial charge in [0.25, 0.3) is 5.91 Å². The molecule has 212 valence electrons. The van der Waals surface area contributed by atoms with Gasteiger partial charge < -0.3 is 30.5 Å². The van der Waals surface area contributed by atoms with Crippen LogP contribution in [0.4, 0.5) is 0 Å². The number of phenolic OH excluding ortho intramolecular Hbond substituents is 1. The molecule has 5 N–H and O–H groups in total. The molecule has 40 heavy (non-hydrogen) atoms. The molecule has 1 saturated heterocycles. The van der Waals surface area contributed by atoms with Crippen LogP contribution in [0.2, 0.25) is 0 Å². The van der Waals surface area contributed by atoms with E-state index in [0.717, 1.165) is 43.0 Å². The van der Waals surface area contributed by atoms with Gasteiger partial charge in [0.15, 0.2) is 11.5 Å². The van der Waals surface area contributed by atoms with E-state index in [0.29, 0.717) is 24.2 Å². The molecule has 2 heterocycles. The van der Waals surface area contributed by atoms with Gasteiger partial charge >= 0.3 is 11.9 Å². The number of carboxylic acid groups (broad SMARTS) is 2. The molecule has 2 saturated carbocycles.